The first-order valence-electron chi connectivity index (χ1n) is 8.47. The van der Waals surface area contributed by atoms with Gasteiger partial charge in [-0.1, -0.05) is 30.3 Å². The number of nitrogens with zero attached hydrogens (tertiary/aromatic N) is 1. The topological polar surface area (TPSA) is 49.8 Å². The van der Waals surface area contributed by atoms with Crippen LogP contribution in [0.3, 0.4) is 0 Å². The fourth-order valence-corrected chi connectivity index (χ4v) is 2.99. The van der Waals surface area contributed by atoms with E-state index in [2.05, 4.69) is 0 Å². The highest BCUT2D eigenvalue weighted by atomic mass is 19.1. The Kier molecular flexibility index (Phi) is 5.34. The van der Waals surface area contributed by atoms with Crippen molar-refractivity contribution in [1.82, 2.24) is 4.90 Å². The van der Waals surface area contributed by atoms with Crippen LogP contribution in [-0.2, 0) is 11.2 Å². The van der Waals surface area contributed by atoms with Crippen molar-refractivity contribution >= 4 is 5.91 Å². The molecular formula is C20H22FNO3. The van der Waals surface area contributed by atoms with Crippen molar-refractivity contribution in [3.05, 3.63) is 66.0 Å². The lowest BCUT2D eigenvalue weighted by molar-refractivity contribution is -0.131. The fraction of sp³-hybridized carbons (Fsp3) is 0.350. The van der Waals surface area contributed by atoms with Crippen molar-refractivity contribution in [2.75, 3.05) is 19.7 Å². The molecule has 1 N–H and O–H groups in total. The summed E-state index contributed by atoms with van der Waals surface area (Å²) in [6.45, 7) is 0.875. The van der Waals surface area contributed by atoms with Crippen molar-refractivity contribution < 1.29 is 19.0 Å². The summed E-state index contributed by atoms with van der Waals surface area (Å²) in [4.78, 5) is 14.0. The first kappa shape index (κ1) is 17.4. The van der Waals surface area contributed by atoms with Gasteiger partial charge in [0.25, 0.3) is 0 Å². The number of benzene rings is 2. The molecule has 1 saturated heterocycles. The van der Waals surface area contributed by atoms with Crippen LogP contribution in [0, 0.1) is 5.82 Å². The molecule has 1 atom stereocenters. The molecule has 0 spiro atoms. The van der Waals surface area contributed by atoms with Gasteiger partial charge in [-0.2, -0.15) is 0 Å². The predicted octanol–water partition coefficient (Wildman–Crippen LogP) is 2.80. The summed E-state index contributed by atoms with van der Waals surface area (Å²) in [7, 11) is 0. The molecule has 0 bridgehead atoms. The second-order valence-corrected chi connectivity index (χ2v) is 6.52. The maximum atomic E-state index is 12.9. The molecule has 0 saturated carbocycles. The quantitative estimate of drug-likeness (QED) is 0.877. The minimum atomic E-state index is -1.06. The molecule has 1 aliphatic heterocycles. The van der Waals surface area contributed by atoms with Gasteiger partial charge in [-0.15, -0.1) is 0 Å². The van der Waals surface area contributed by atoms with E-state index in [-0.39, 0.29) is 24.9 Å². The highest BCUT2D eigenvalue weighted by Gasteiger charge is 2.38. The zero-order valence-corrected chi connectivity index (χ0v) is 14.0. The lowest BCUT2D eigenvalue weighted by atomic mass is 10.1. The normalized spacial score (nSPS) is 19.8. The first-order valence-corrected chi connectivity index (χ1v) is 8.47. The Balaban J connectivity index is 1.48. The number of aliphatic hydroxyl groups is 1. The lowest BCUT2D eigenvalue weighted by Gasteiger charge is -2.23. The van der Waals surface area contributed by atoms with Gasteiger partial charge in [-0.05, 0) is 42.7 Å². The molecule has 2 aromatic rings. The summed E-state index contributed by atoms with van der Waals surface area (Å²) >= 11 is 0. The Labute approximate surface area is 146 Å². The van der Waals surface area contributed by atoms with E-state index >= 15 is 0 Å². The molecule has 1 unspecified atom stereocenters. The van der Waals surface area contributed by atoms with Crippen molar-refractivity contribution in [2.24, 2.45) is 0 Å². The van der Waals surface area contributed by atoms with E-state index in [1.54, 1.807) is 4.90 Å². The number of rotatable bonds is 6. The largest absolute Gasteiger partial charge is 0.491 e. The molecule has 3 rings (SSSR count). The molecule has 1 amide bonds. The number of aryl methyl sites for hydroxylation is 1. The summed E-state index contributed by atoms with van der Waals surface area (Å²) in [6.07, 6.45) is 1.60. The SMILES string of the molecule is O=C(CCc1ccccc1)N1CCC(O)(COc2ccc(F)cc2)C1. The third-order valence-corrected chi connectivity index (χ3v) is 4.48. The Morgan fingerprint density at radius 1 is 1.16 bits per heavy atom. The van der Waals surface area contributed by atoms with Gasteiger partial charge in [0.05, 0.1) is 6.54 Å². The molecule has 132 valence electrons. The lowest BCUT2D eigenvalue weighted by Crippen LogP contribution is -2.40. The predicted molar refractivity (Wildman–Crippen MR) is 92.8 cm³/mol. The van der Waals surface area contributed by atoms with Crippen LogP contribution in [0.15, 0.2) is 54.6 Å². The van der Waals surface area contributed by atoms with Crippen molar-refractivity contribution in [2.45, 2.75) is 24.9 Å². The van der Waals surface area contributed by atoms with Crippen molar-refractivity contribution in [1.29, 1.82) is 0 Å². The number of likely N-dealkylation sites (tertiary alicyclic amines) is 1. The molecule has 1 aliphatic rings. The third-order valence-electron chi connectivity index (χ3n) is 4.48. The fourth-order valence-electron chi connectivity index (χ4n) is 2.99. The van der Waals surface area contributed by atoms with E-state index in [0.717, 1.165) is 5.56 Å². The molecule has 0 radical (unpaired) electrons. The molecule has 25 heavy (non-hydrogen) atoms. The zero-order valence-electron chi connectivity index (χ0n) is 14.0. The van der Waals surface area contributed by atoms with Gasteiger partial charge in [0.15, 0.2) is 0 Å². The molecule has 1 fully saturated rings. The van der Waals surface area contributed by atoms with Gasteiger partial charge in [-0.3, -0.25) is 4.79 Å². The van der Waals surface area contributed by atoms with Gasteiger partial charge in [-0.25, -0.2) is 4.39 Å². The van der Waals surface area contributed by atoms with Crippen LogP contribution in [-0.4, -0.2) is 41.2 Å². The number of ether oxygens (including phenoxy) is 1. The number of hydrogen-bond donors (Lipinski definition) is 1. The Morgan fingerprint density at radius 3 is 2.60 bits per heavy atom. The smallest absolute Gasteiger partial charge is 0.223 e. The monoisotopic (exact) mass is 343 g/mol. The highest BCUT2D eigenvalue weighted by Crippen LogP contribution is 2.24. The molecule has 0 aromatic heterocycles. The van der Waals surface area contributed by atoms with Crippen molar-refractivity contribution in [3.63, 3.8) is 0 Å². The van der Waals surface area contributed by atoms with Crippen LogP contribution in [0.5, 0.6) is 5.75 Å². The summed E-state index contributed by atoms with van der Waals surface area (Å²) in [5.74, 6) is 0.215. The summed E-state index contributed by atoms with van der Waals surface area (Å²) in [6, 6.07) is 15.6. The average Bonchev–Trinajstić information content (AvgIpc) is 3.03. The standard InChI is InChI=1S/C20H22FNO3/c21-17-7-9-18(10-8-17)25-15-20(24)12-13-22(14-20)19(23)11-6-16-4-2-1-3-5-16/h1-5,7-10,24H,6,11-15H2. The van der Waals surface area contributed by atoms with Gasteiger partial charge in [0.1, 0.15) is 23.8 Å². The summed E-state index contributed by atoms with van der Waals surface area (Å²) < 4.78 is 18.4. The Morgan fingerprint density at radius 2 is 1.88 bits per heavy atom. The highest BCUT2D eigenvalue weighted by molar-refractivity contribution is 5.77. The van der Waals surface area contributed by atoms with E-state index in [4.69, 9.17) is 4.74 Å². The third kappa shape index (κ3) is 4.79. The van der Waals surface area contributed by atoms with Crippen LogP contribution >= 0.6 is 0 Å². The number of carbonyl (C=O) groups is 1. The maximum Gasteiger partial charge on any atom is 0.223 e. The number of amides is 1. The van der Waals surface area contributed by atoms with Gasteiger partial charge in [0.2, 0.25) is 5.91 Å². The molecule has 4 nitrogen and oxygen atoms in total. The number of carbonyl (C=O) groups excluding carboxylic acids is 1. The zero-order chi connectivity index (χ0) is 17.7. The van der Waals surface area contributed by atoms with Crippen LogP contribution in [0.1, 0.15) is 18.4 Å². The maximum absolute atomic E-state index is 12.9. The second kappa shape index (κ2) is 7.66. The summed E-state index contributed by atoms with van der Waals surface area (Å²) in [5, 5.41) is 10.6. The van der Waals surface area contributed by atoms with E-state index in [1.807, 2.05) is 30.3 Å². The minimum Gasteiger partial charge on any atom is -0.491 e. The molecular weight excluding hydrogens is 321 g/mol. The number of halogens is 1. The molecule has 2 aromatic carbocycles. The molecule has 1 heterocycles. The molecule has 0 aliphatic carbocycles. The van der Waals surface area contributed by atoms with Crippen LogP contribution in [0.2, 0.25) is 0 Å². The number of β-amino-alcohol motifs (C(OH)–C–C–N with tert-alkyl or cyclic N) is 1. The first-order chi connectivity index (χ1) is 12.0. The van der Waals surface area contributed by atoms with Crippen molar-refractivity contribution in [3.8, 4) is 5.75 Å². The van der Waals surface area contributed by atoms with E-state index in [0.29, 0.717) is 31.6 Å². The van der Waals surface area contributed by atoms with E-state index in [1.165, 1.54) is 24.3 Å². The van der Waals surface area contributed by atoms with Gasteiger partial charge in [0, 0.05) is 13.0 Å². The molecule has 5 heteroatoms. The van der Waals surface area contributed by atoms with E-state index in [9.17, 15) is 14.3 Å². The Bertz CT molecular complexity index is 705. The Hall–Kier alpha value is -2.40. The second-order valence-electron chi connectivity index (χ2n) is 6.52. The minimum absolute atomic E-state index is 0.0431. The van der Waals surface area contributed by atoms with Gasteiger partial charge >= 0.3 is 0 Å². The summed E-state index contributed by atoms with van der Waals surface area (Å²) in [5.41, 5.74) is 0.0708. The van der Waals surface area contributed by atoms with Gasteiger partial charge < -0.3 is 14.7 Å². The van der Waals surface area contributed by atoms with E-state index < -0.39 is 5.60 Å². The van der Waals surface area contributed by atoms with Crippen LogP contribution in [0.4, 0.5) is 4.39 Å². The average molecular weight is 343 g/mol. The number of hydrogen-bond acceptors (Lipinski definition) is 3. The van der Waals surface area contributed by atoms with Crippen LogP contribution < -0.4 is 4.74 Å². The van der Waals surface area contributed by atoms with Crippen LogP contribution in [0.25, 0.3) is 0 Å².